The van der Waals surface area contributed by atoms with Crippen molar-refractivity contribution in [3.05, 3.63) is 164 Å². The van der Waals surface area contributed by atoms with Crippen LogP contribution in [0.1, 0.15) is 0 Å². The summed E-state index contributed by atoms with van der Waals surface area (Å²) in [6.45, 7) is 0. The molecule has 6 nitrogen and oxygen atoms in total. The Morgan fingerprint density at radius 1 is 0.440 bits per heavy atom. The lowest BCUT2D eigenvalue weighted by Gasteiger charge is -2.12. The highest BCUT2D eigenvalue weighted by atomic mass is 16.3. The van der Waals surface area contributed by atoms with Crippen molar-refractivity contribution < 1.29 is 4.42 Å². The molecule has 0 bridgehead atoms. The molecule has 6 aromatic carbocycles. The number of para-hydroxylation sites is 2. The van der Waals surface area contributed by atoms with Gasteiger partial charge in [-0.3, -0.25) is 4.57 Å². The van der Waals surface area contributed by atoms with E-state index in [0.717, 1.165) is 71.5 Å². The number of fused-ring (bicyclic) bond motifs is 7. The summed E-state index contributed by atoms with van der Waals surface area (Å²) in [5, 5.41) is 3.98. The molecular formula is C44H27N5O. The molecule has 0 amide bonds. The fourth-order valence-corrected chi connectivity index (χ4v) is 6.99. The van der Waals surface area contributed by atoms with Gasteiger partial charge in [-0.05, 0) is 46.5 Å². The second kappa shape index (κ2) is 11.4. The van der Waals surface area contributed by atoms with Crippen molar-refractivity contribution >= 4 is 43.9 Å². The average Bonchev–Trinajstić information content (AvgIpc) is 3.74. The maximum atomic E-state index is 6.27. The Bertz CT molecular complexity index is 2770. The Morgan fingerprint density at radius 2 is 0.980 bits per heavy atom. The zero-order chi connectivity index (χ0) is 33.0. The Labute approximate surface area is 287 Å². The molecule has 0 aliphatic carbocycles. The number of furan rings is 1. The minimum Gasteiger partial charge on any atom is -0.438 e. The topological polar surface area (TPSA) is 69.6 Å². The van der Waals surface area contributed by atoms with E-state index in [2.05, 4.69) is 126 Å². The fraction of sp³-hybridized carbons (Fsp3) is 0. The van der Waals surface area contributed by atoms with Crippen molar-refractivity contribution in [1.29, 1.82) is 0 Å². The molecule has 0 saturated heterocycles. The molecule has 234 valence electrons. The quantitative estimate of drug-likeness (QED) is 0.187. The van der Waals surface area contributed by atoms with E-state index in [1.54, 1.807) is 0 Å². The summed E-state index contributed by atoms with van der Waals surface area (Å²) in [5.74, 6) is 1.69. The van der Waals surface area contributed by atoms with Gasteiger partial charge in [0, 0.05) is 33.5 Å². The van der Waals surface area contributed by atoms with Gasteiger partial charge in [-0.15, -0.1) is 0 Å². The predicted molar refractivity (Wildman–Crippen MR) is 201 cm³/mol. The average molecular weight is 642 g/mol. The molecular weight excluding hydrogens is 615 g/mol. The maximum Gasteiger partial charge on any atom is 0.238 e. The molecule has 4 heterocycles. The van der Waals surface area contributed by atoms with Crippen LogP contribution >= 0.6 is 0 Å². The van der Waals surface area contributed by atoms with Gasteiger partial charge in [-0.25, -0.2) is 9.97 Å². The molecule has 4 aromatic heterocycles. The Balaban J connectivity index is 1.28. The van der Waals surface area contributed by atoms with Gasteiger partial charge >= 0.3 is 0 Å². The second-order valence-corrected chi connectivity index (χ2v) is 12.3. The number of nitrogens with zero attached hydrogens (tertiary/aromatic N) is 5. The van der Waals surface area contributed by atoms with Crippen LogP contribution in [-0.4, -0.2) is 24.5 Å². The Kier molecular flexibility index (Phi) is 6.39. The predicted octanol–water partition coefficient (Wildman–Crippen LogP) is 10.9. The molecule has 10 aromatic rings. The molecule has 0 unspecified atom stereocenters. The summed E-state index contributed by atoms with van der Waals surface area (Å²) < 4.78 is 8.41. The number of hydrogen-bond donors (Lipinski definition) is 0. The maximum absolute atomic E-state index is 6.27. The van der Waals surface area contributed by atoms with Crippen LogP contribution in [-0.2, 0) is 0 Å². The van der Waals surface area contributed by atoms with Crippen molar-refractivity contribution in [1.82, 2.24) is 24.5 Å². The van der Waals surface area contributed by atoms with Crippen molar-refractivity contribution in [2.75, 3.05) is 0 Å². The molecule has 50 heavy (non-hydrogen) atoms. The summed E-state index contributed by atoms with van der Waals surface area (Å²) in [6.07, 6.45) is 1.90. The molecule has 10 rings (SSSR count). The van der Waals surface area contributed by atoms with Crippen LogP contribution in [0.2, 0.25) is 0 Å². The number of hydrogen-bond acceptors (Lipinski definition) is 5. The first-order valence-electron chi connectivity index (χ1n) is 16.6. The van der Waals surface area contributed by atoms with Crippen LogP contribution in [0.3, 0.4) is 0 Å². The zero-order valence-electron chi connectivity index (χ0n) is 26.7. The third-order valence-electron chi connectivity index (χ3n) is 9.32. The van der Waals surface area contributed by atoms with Gasteiger partial charge in [0.1, 0.15) is 5.58 Å². The first kappa shape index (κ1) is 28.1. The molecule has 0 radical (unpaired) electrons. The lowest BCUT2D eigenvalue weighted by molar-refractivity contribution is 0.654. The van der Waals surface area contributed by atoms with Gasteiger partial charge in [-0.1, -0.05) is 133 Å². The largest absolute Gasteiger partial charge is 0.438 e. The third-order valence-corrected chi connectivity index (χ3v) is 9.32. The van der Waals surface area contributed by atoms with Crippen LogP contribution in [0.15, 0.2) is 168 Å². The fourth-order valence-electron chi connectivity index (χ4n) is 6.99. The summed E-state index contributed by atoms with van der Waals surface area (Å²) in [4.78, 5) is 20.4. The number of rotatable bonds is 5. The molecule has 0 atom stereocenters. The zero-order valence-corrected chi connectivity index (χ0v) is 26.7. The van der Waals surface area contributed by atoms with E-state index in [-0.39, 0.29) is 0 Å². The van der Waals surface area contributed by atoms with Crippen LogP contribution in [0.5, 0.6) is 0 Å². The van der Waals surface area contributed by atoms with Crippen molar-refractivity contribution in [3.8, 4) is 51.0 Å². The minimum absolute atomic E-state index is 0.518. The molecule has 0 spiro atoms. The van der Waals surface area contributed by atoms with Crippen molar-refractivity contribution in [3.63, 3.8) is 0 Å². The van der Waals surface area contributed by atoms with Gasteiger partial charge in [0.25, 0.3) is 0 Å². The molecule has 6 heteroatoms. The van der Waals surface area contributed by atoms with Crippen LogP contribution in [0, 0.1) is 0 Å². The van der Waals surface area contributed by atoms with E-state index in [1.165, 1.54) is 0 Å². The SMILES string of the molecule is c1ccc(-c2cccc(-c3nc(-c4cccc(-c5ccccc5)c4)nc(-n4c5ccccc5c5cnc6oc7ccccc7c6c54)n3)c2)cc1. The van der Waals surface area contributed by atoms with E-state index >= 15 is 0 Å². The summed E-state index contributed by atoms with van der Waals surface area (Å²) in [7, 11) is 0. The third kappa shape index (κ3) is 4.58. The Hall–Kier alpha value is -6.92. The first-order valence-corrected chi connectivity index (χ1v) is 16.6. The molecule has 0 saturated carbocycles. The normalized spacial score (nSPS) is 11.6. The van der Waals surface area contributed by atoms with Gasteiger partial charge in [0.15, 0.2) is 11.6 Å². The highest BCUT2D eigenvalue weighted by Crippen LogP contribution is 2.40. The smallest absolute Gasteiger partial charge is 0.238 e. The lowest BCUT2D eigenvalue weighted by atomic mass is 10.0. The molecule has 0 fully saturated rings. The monoisotopic (exact) mass is 641 g/mol. The Morgan fingerprint density at radius 3 is 1.64 bits per heavy atom. The van der Waals surface area contributed by atoms with Crippen LogP contribution in [0.25, 0.3) is 94.9 Å². The summed E-state index contributed by atoms with van der Waals surface area (Å²) in [5.41, 5.74) is 9.51. The lowest BCUT2D eigenvalue weighted by Crippen LogP contribution is -2.06. The van der Waals surface area contributed by atoms with E-state index in [4.69, 9.17) is 24.4 Å². The highest BCUT2D eigenvalue weighted by molar-refractivity contribution is 6.23. The molecule has 0 N–H and O–H groups in total. The van der Waals surface area contributed by atoms with Gasteiger partial charge < -0.3 is 4.42 Å². The number of pyridine rings is 1. The number of benzene rings is 6. The van der Waals surface area contributed by atoms with Gasteiger partial charge in [-0.2, -0.15) is 9.97 Å². The highest BCUT2D eigenvalue weighted by Gasteiger charge is 2.22. The van der Waals surface area contributed by atoms with Crippen molar-refractivity contribution in [2.24, 2.45) is 0 Å². The summed E-state index contributed by atoms with van der Waals surface area (Å²) in [6, 6.07) is 53.9. The molecule has 0 aliphatic heterocycles. The summed E-state index contributed by atoms with van der Waals surface area (Å²) >= 11 is 0. The standard InChI is InChI=1S/C44H27N5O/c1-3-13-28(14-4-1)30-17-11-19-32(25-30)41-46-42(33-20-12-18-31(26-33)29-15-5-2-6-16-29)48-44(47-41)49-37-23-9-7-21-34(37)36-27-45-43-39(40(36)49)35-22-8-10-24-38(35)50-43/h1-27H. The molecule has 0 aliphatic rings. The van der Waals surface area contributed by atoms with Crippen LogP contribution < -0.4 is 0 Å². The number of aromatic nitrogens is 5. The first-order chi connectivity index (χ1) is 24.8. The van der Waals surface area contributed by atoms with E-state index in [0.29, 0.717) is 23.3 Å². The van der Waals surface area contributed by atoms with Gasteiger partial charge in [0.2, 0.25) is 11.7 Å². The minimum atomic E-state index is 0.518. The van der Waals surface area contributed by atoms with Crippen molar-refractivity contribution in [2.45, 2.75) is 0 Å². The van der Waals surface area contributed by atoms with E-state index < -0.39 is 0 Å². The second-order valence-electron chi connectivity index (χ2n) is 12.3. The van der Waals surface area contributed by atoms with Gasteiger partial charge in [0.05, 0.1) is 16.4 Å². The van der Waals surface area contributed by atoms with E-state index in [9.17, 15) is 0 Å². The van der Waals surface area contributed by atoms with E-state index in [1.807, 2.05) is 42.6 Å². The van der Waals surface area contributed by atoms with Crippen LogP contribution in [0.4, 0.5) is 0 Å².